The Morgan fingerprint density at radius 2 is 1.88 bits per heavy atom. The maximum Gasteiger partial charge on any atom is 0.316 e. The SMILES string of the molecule is Cc1ccc(CNS(=O)(=O)N2CCN(c3cnn(-c4cccc(Cl)c4)c(=O)c3OCCC(C)(C)O)CC2)cc1[N+](=O)[O-]. The normalized spacial score (nSPS) is 14.6. The first-order chi connectivity index (χ1) is 19.7. The number of anilines is 1. The Bertz CT molecular complexity index is 1620. The molecule has 1 aromatic heterocycles. The summed E-state index contributed by atoms with van der Waals surface area (Å²) in [5.74, 6) is 0.0321. The Balaban J connectivity index is 1.50. The summed E-state index contributed by atoms with van der Waals surface area (Å²) in [6.07, 6.45) is 1.77. The van der Waals surface area contributed by atoms with Crippen LogP contribution in [0, 0.1) is 17.0 Å². The molecule has 13 nitrogen and oxygen atoms in total. The van der Waals surface area contributed by atoms with Crippen molar-refractivity contribution in [2.75, 3.05) is 37.7 Å². The molecule has 1 fully saturated rings. The van der Waals surface area contributed by atoms with Crippen LogP contribution in [0.15, 0.2) is 53.5 Å². The Hall–Kier alpha value is -3.56. The Kier molecular flexibility index (Phi) is 9.53. The minimum absolute atomic E-state index is 0.0321. The van der Waals surface area contributed by atoms with E-state index >= 15 is 0 Å². The zero-order valence-electron chi connectivity index (χ0n) is 23.5. The highest BCUT2D eigenvalue weighted by Crippen LogP contribution is 2.27. The number of nitrogens with zero attached hydrogens (tertiary/aromatic N) is 5. The van der Waals surface area contributed by atoms with E-state index in [1.165, 1.54) is 21.3 Å². The van der Waals surface area contributed by atoms with Crippen LogP contribution in [0.5, 0.6) is 5.75 Å². The molecule has 3 aromatic rings. The number of hydrogen-bond donors (Lipinski definition) is 2. The number of nitrogens with one attached hydrogen (secondary N) is 1. The number of ether oxygens (including phenoxy) is 1. The van der Waals surface area contributed by atoms with Crippen molar-refractivity contribution < 1.29 is 23.2 Å². The summed E-state index contributed by atoms with van der Waals surface area (Å²) in [4.78, 5) is 26.1. The lowest BCUT2D eigenvalue weighted by molar-refractivity contribution is -0.385. The van der Waals surface area contributed by atoms with Crippen LogP contribution in [0.4, 0.5) is 11.4 Å². The molecule has 1 aliphatic heterocycles. The fourth-order valence-corrected chi connectivity index (χ4v) is 5.74. The average Bonchev–Trinajstić information content (AvgIpc) is 2.92. The second kappa shape index (κ2) is 12.8. The van der Waals surface area contributed by atoms with Crippen molar-refractivity contribution in [1.29, 1.82) is 0 Å². The topological polar surface area (TPSA) is 160 Å². The van der Waals surface area contributed by atoms with E-state index in [9.17, 15) is 28.4 Å². The first-order valence-electron chi connectivity index (χ1n) is 13.2. The van der Waals surface area contributed by atoms with Crippen LogP contribution in [0.1, 0.15) is 31.4 Å². The van der Waals surface area contributed by atoms with Gasteiger partial charge in [0, 0.05) is 55.8 Å². The summed E-state index contributed by atoms with van der Waals surface area (Å²) in [5, 5.41) is 26.1. The Labute approximate surface area is 248 Å². The van der Waals surface area contributed by atoms with Crippen molar-refractivity contribution in [2.45, 2.75) is 39.3 Å². The maximum absolute atomic E-state index is 13.5. The number of aromatic nitrogens is 2. The van der Waals surface area contributed by atoms with E-state index in [0.29, 0.717) is 27.5 Å². The fraction of sp³-hybridized carbons (Fsp3) is 0.407. The third-order valence-corrected chi connectivity index (χ3v) is 8.57. The monoisotopic (exact) mass is 620 g/mol. The molecule has 0 bridgehead atoms. The molecule has 4 rings (SSSR count). The summed E-state index contributed by atoms with van der Waals surface area (Å²) in [6, 6.07) is 11.2. The van der Waals surface area contributed by atoms with E-state index in [1.54, 1.807) is 57.2 Å². The molecule has 0 radical (unpaired) electrons. The lowest BCUT2D eigenvalue weighted by Crippen LogP contribution is -2.52. The smallest absolute Gasteiger partial charge is 0.316 e. The van der Waals surface area contributed by atoms with Gasteiger partial charge in [0.2, 0.25) is 5.75 Å². The first kappa shape index (κ1) is 31.4. The second-order valence-corrected chi connectivity index (χ2v) is 12.7. The molecular formula is C27H33ClN6O7S. The number of aryl methyl sites for hydroxylation is 1. The van der Waals surface area contributed by atoms with Crippen LogP contribution in [0.25, 0.3) is 5.69 Å². The minimum Gasteiger partial charge on any atom is -0.486 e. The molecule has 15 heteroatoms. The molecule has 0 aliphatic carbocycles. The van der Waals surface area contributed by atoms with Crippen LogP contribution in [0.2, 0.25) is 5.02 Å². The van der Waals surface area contributed by atoms with Crippen molar-refractivity contribution in [3.05, 3.63) is 85.3 Å². The van der Waals surface area contributed by atoms with Crippen molar-refractivity contribution in [1.82, 2.24) is 18.8 Å². The predicted molar refractivity (Wildman–Crippen MR) is 159 cm³/mol. The van der Waals surface area contributed by atoms with Crippen LogP contribution < -0.4 is 19.9 Å². The number of hydrogen-bond acceptors (Lipinski definition) is 9. The van der Waals surface area contributed by atoms with Crippen LogP contribution in [-0.2, 0) is 16.8 Å². The van der Waals surface area contributed by atoms with Gasteiger partial charge in [-0.1, -0.05) is 29.8 Å². The van der Waals surface area contributed by atoms with Gasteiger partial charge < -0.3 is 14.7 Å². The van der Waals surface area contributed by atoms with E-state index in [0.717, 1.165) is 0 Å². The lowest BCUT2D eigenvalue weighted by atomic mass is 10.1. The zero-order chi connectivity index (χ0) is 30.7. The molecule has 0 spiro atoms. The van der Waals surface area contributed by atoms with Gasteiger partial charge in [-0.05, 0) is 44.5 Å². The highest BCUT2D eigenvalue weighted by atomic mass is 35.5. The Morgan fingerprint density at radius 3 is 2.52 bits per heavy atom. The highest BCUT2D eigenvalue weighted by molar-refractivity contribution is 7.87. The van der Waals surface area contributed by atoms with E-state index in [2.05, 4.69) is 9.82 Å². The number of nitro benzene ring substituents is 1. The molecule has 0 unspecified atom stereocenters. The van der Waals surface area contributed by atoms with Crippen molar-refractivity contribution in [3.63, 3.8) is 0 Å². The molecule has 1 aliphatic rings. The van der Waals surface area contributed by atoms with Gasteiger partial charge in [0.05, 0.1) is 29.0 Å². The van der Waals surface area contributed by atoms with Crippen LogP contribution >= 0.6 is 11.6 Å². The first-order valence-corrected chi connectivity index (χ1v) is 15.0. The summed E-state index contributed by atoms with van der Waals surface area (Å²) in [6.45, 7) is 5.60. The predicted octanol–water partition coefficient (Wildman–Crippen LogP) is 2.80. The summed E-state index contributed by atoms with van der Waals surface area (Å²) >= 11 is 6.11. The van der Waals surface area contributed by atoms with Crippen molar-refractivity contribution >= 4 is 33.2 Å². The van der Waals surface area contributed by atoms with Crippen LogP contribution in [0.3, 0.4) is 0 Å². The van der Waals surface area contributed by atoms with E-state index in [4.69, 9.17) is 16.3 Å². The second-order valence-electron chi connectivity index (χ2n) is 10.6. The summed E-state index contributed by atoms with van der Waals surface area (Å²) in [7, 11) is -3.89. The van der Waals surface area contributed by atoms with Gasteiger partial charge in [0.15, 0.2) is 0 Å². The minimum atomic E-state index is -3.89. The van der Waals surface area contributed by atoms with Crippen molar-refractivity contribution in [3.8, 4) is 11.4 Å². The molecule has 2 heterocycles. The van der Waals surface area contributed by atoms with Gasteiger partial charge in [-0.25, -0.2) is 0 Å². The number of halogens is 1. The lowest BCUT2D eigenvalue weighted by Gasteiger charge is -2.35. The van der Waals surface area contributed by atoms with E-state index in [1.807, 2.05) is 4.90 Å². The summed E-state index contributed by atoms with van der Waals surface area (Å²) < 4.78 is 36.9. The average molecular weight is 621 g/mol. The Morgan fingerprint density at radius 1 is 1.17 bits per heavy atom. The molecule has 2 aromatic carbocycles. The third-order valence-electron chi connectivity index (χ3n) is 6.78. The molecule has 0 amide bonds. The highest BCUT2D eigenvalue weighted by Gasteiger charge is 2.29. The molecule has 2 N–H and O–H groups in total. The van der Waals surface area contributed by atoms with Gasteiger partial charge in [0.25, 0.3) is 15.9 Å². The number of benzene rings is 2. The van der Waals surface area contributed by atoms with E-state index < -0.39 is 26.3 Å². The molecule has 42 heavy (non-hydrogen) atoms. The van der Waals surface area contributed by atoms with Gasteiger partial charge in [0.1, 0.15) is 5.69 Å². The molecule has 1 saturated heterocycles. The van der Waals surface area contributed by atoms with Gasteiger partial charge >= 0.3 is 5.56 Å². The van der Waals surface area contributed by atoms with Gasteiger partial charge in [-0.2, -0.15) is 27.2 Å². The van der Waals surface area contributed by atoms with Crippen molar-refractivity contribution in [2.24, 2.45) is 0 Å². The third kappa shape index (κ3) is 7.63. The maximum atomic E-state index is 13.5. The standard InChI is InChI=1S/C27H33ClN6O7S/c1-19-7-8-20(15-23(19)34(37)38)17-30-42(39,40)32-12-10-31(11-13-32)24-18-29-33(22-6-4-5-21(28)16-22)26(35)25(24)41-14-9-27(2,3)36/h4-8,15-16,18,30,36H,9-14,17H2,1-3H3. The zero-order valence-corrected chi connectivity index (χ0v) is 25.1. The summed E-state index contributed by atoms with van der Waals surface area (Å²) in [5.41, 5.74) is 0.212. The fourth-order valence-electron chi connectivity index (χ4n) is 4.38. The van der Waals surface area contributed by atoms with Gasteiger partial charge in [-0.15, -0.1) is 0 Å². The largest absolute Gasteiger partial charge is 0.486 e. The molecular weight excluding hydrogens is 588 g/mol. The van der Waals surface area contributed by atoms with Gasteiger partial charge in [-0.3, -0.25) is 14.9 Å². The molecule has 226 valence electrons. The van der Waals surface area contributed by atoms with Crippen LogP contribution in [-0.4, -0.2) is 70.9 Å². The number of rotatable bonds is 11. The number of nitro groups is 1. The molecule has 0 atom stereocenters. The molecule has 0 saturated carbocycles. The quantitative estimate of drug-likeness (QED) is 0.243. The number of piperazine rings is 1. The van der Waals surface area contributed by atoms with E-state index in [-0.39, 0.29) is 57.2 Å². The number of aliphatic hydroxyl groups is 1.